The zero-order valence-corrected chi connectivity index (χ0v) is 26.8. The minimum Gasteiger partial charge on any atom is -0.744 e. The van der Waals surface area contributed by atoms with Crippen LogP contribution in [-0.4, -0.2) is 0 Å². The minimum absolute atomic E-state index is 0. The molecule has 96 valence electrons. The molecule has 0 amide bonds. The van der Waals surface area contributed by atoms with Crippen molar-refractivity contribution in [2.24, 2.45) is 0 Å². The molecule has 0 atom stereocenters. The van der Waals surface area contributed by atoms with E-state index in [2.05, 4.69) is 0 Å². The van der Waals surface area contributed by atoms with Gasteiger partial charge in [0.2, 0.25) is 31.6 Å². The van der Waals surface area contributed by atoms with Gasteiger partial charge in [-0.2, -0.15) is 0 Å². The first-order valence-corrected chi connectivity index (χ1v) is 6.57. The van der Waals surface area contributed by atoms with Gasteiger partial charge in [-0.1, -0.05) is 0 Å². The van der Waals surface area contributed by atoms with Crippen molar-refractivity contribution in [1.82, 2.24) is 0 Å². The molecule has 0 radical (unpaired) electrons. The van der Waals surface area contributed by atoms with E-state index in [0.717, 1.165) is 0 Å². The van der Waals surface area contributed by atoms with Crippen LogP contribution < -0.4 is 225 Å². The summed E-state index contributed by atoms with van der Waals surface area (Å²) < 4.78 is 67.9. The van der Waals surface area contributed by atoms with E-state index in [4.69, 9.17) is 56.1 Å². The van der Waals surface area contributed by atoms with E-state index in [9.17, 15) is 0 Å². The van der Waals surface area contributed by atoms with Gasteiger partial charge in [0.15, 0.2) is 0 Å². The van der Waals surface area contributed by atoms with Gasteiger partial charge in [-0.05, 0) is 0 Å². The van der Waals surface area contributed by atoms with Crippen molar-refractivity contribution in [1.29, 1.82) is 0 Å². The van der Waals surface area contributed by atoms with Crippen LogP contribution in [0.3, 0.4) is 0 Å². The van der Waals surface area contributed by atoms with Crippen LogP contribution in [0.2, 0.25) is 0 Å². The summed E-state index contributed by atoms with van der Waals surface area (Å²) in [6.45, 7) is 0. The van der Waals surface area contributed by atoms with Gasteiger partial charge in [-0.3, -0.25) is 36.5 Å². The molecule has 0 rings (SSSR count). The topological polar surface area (TPSA) is 229 Å². The summed E-state index contributed by atoms with van der Waals surface area (Å²) in [4.78, 5) is 33.9. The SMILES string of the molecule is O=P(=O)[O-].O=P(=O)[O-].O=P(=O)[O-].O=P(=O)[O-].[K+].[K+].[K+].[K+]. The molecule has 12 nitrogen and oxygen atoms in total. The minimum atomic E-state index is -3.37. The van der Waals surface area contributed by atoms with E-state index in [1.54, 1.807) is 0 Å². The Morgan fingerprint density at radius 1 is 0.350 bits per heavy atom. The Morgan fingerprint density at radius 3 is 0.350 bits per heavy atom. The molecular weight excluding hydrogens is 472 g/mol. The average Bonchev–Trinajstić information content (AvgIpc) is 1.76. The Balaban J connectivity index is -0.0000000150. The first-order chi connectivity index (χ1) is 6.93. The maximum absolute atomic E-state index is 8.48. The van der Waals surface area contributed by atoms with Gasteiger partial charge in [0.1, 0.15) is 0 Å². The third kappa shape index (κ3) is 354. The molecule has 20 heteroatoms. The van der Waals surface area contributed by atoms with Gasteiger partial charge in [0.25, 0.3) is 0 Å². The fraction of sp³-hybridized carbons (Fsp3) is 0. The van der Waals surface area contributed by atoms with Crippen molar-refractivity contribution in [3.63, 3.8) is 0 Å². The molecule has 0 fully saturated rings. The Labute approximate surface area is 284 Å². The van der Waals surface area contributed by atoms with Crippen LogP contribution in [0.25, 0.3) is 0 Å². The summed E-state index contributed by atoms with van der Waals surface area (Å²) in [5.74, 6) is 0. The molecule has 0 bridgehead atoms. The number of hydrogen-bond acceptors (Lipinski definition) is 12. The fourth-order valence-corrected chi connectivity index (χ4v) is 0. The maximum atomic E-state index is 8.48. The van der Waals surface area contributed by atoms with Gasteiger partial charge in [0.05, 0.1) is 0 Å². The molecule has 0 heterocycles. The quantitative estimate of drug-likeness (QED) is 0.236. The Morgan fingerprint density at radius 2 is 0.350 bits per heavy atom. The van der Waals surface area contributed by atoms with E-state index in [0.29, 0.717) is 0 Å². The predicted octanol–water partition coefficient (Wildman–Crippen LogP) is -14.2. The summed E-state index contributed by atoms with van der Waals surface area (Å²) in [6.07, 6.45) is 0. The summed E-state index contributed by atoms with van der Waals surface area (Å²) >= 11 is 0. The first kappa shape index (κ1) is 50.1. The van der Waals surface area contributed by atoms with E-state index < -0.39 is 31.6 Å². The second kappa shape index (κ2) is 44.4. The fourth-order valence-electron chi connectivity index (χ4n) is 0. The van der Waals surface area contributed by atoms with Crippen LogP contribution in [0.1, 0.15) is 0 Å². The molecule has 0 aromatic rings. The van der Waals surface area contributed by atoms with Crippen molar-refractivity contribution < 1.29 is 262 Å². The average molecular weight is 472 g/mol. The Hall–Kier alpha value is 5.99. The molecule has 0 saturated carbocycles. The molecule has 0 aliphatic heterocycles. The largest absolute Gasteiger partial charge is 1.00 e. The third-order valence-electron chi connectivity index (χ3n) is 0. The summed E-state index contributed by atoms with van der Waals surface area (Å²) in [7, 11) is -13.5. The number of rotatable bonds is 0. The van der Waals surface area contributed by atoms with Gasteiger partial charge in [0, 0.05) is 0 Å². The van der Waals surface area contributed by atoms with Crippen molar-refractivity contribution in [2.75, 3.05) is 0 Å². The molecule has 0 spiro atoms. The summed E-state index contributed by atoms with van der Waals surface area (Å²) in [6, 6.07) is 0. The second-order valence-corrected chi connectivity index (χ2v) is 2.68. The molecule has 0 aromatic carbocycles. The molecule has 0 aromatic heterocycles. The molecule has 0 unspecified atom stereocenters. The van der Waals surface area contributed by atoms with Gasteiger partial charge < -0.3 is 19.6 Å². The second-order valence-electron chi connectivity index (χ2n) is 0.894. The monoisotopic (exact) mass is 472 g/mol. The number of hydrogen-bond donors (Lipinski definition) is 0. The van der Waals surface area contributed by atoms with Crippen LogP contribution in [0.5, 0.6) is 0 Å². The van der Waals surface area contributed by atoms with Crippen LogP contribution in [0.15, 0.2) is 0 Å². The standard InChI is InChI=1S/4K.4HO3P/c;;;;4*1-4(2)3/h;;;;4*(H,1,2,3)/q4*+1;;;;/p-4. The van der Waals surface area contributed by atoms with Crippen molar-refractivity contribution >= 4 is 31.6 Å². The summed E-state index contributed by atoms with van der Waals surface area (Å²) in [5, 5.41) is 0. The van der Waals surface area contributed by atoms with E-state index in [1.807, 2.05) is 0 Å². The zero-order chi connectivity index (χ0) is 14.3. The normalized spacial score (nSPS) is 5.00. The molecule has 0 saturated heterocycles. The van der Waals surface area contributed by atoms with Crippen molar-refractivity contribution in [3.8, 4) is 0 Å². The maximum Gasteiger partial charge on any atom is 1.00 e. The van der Waals surface area contributed by atoms with Crippen LogP contribution in [0, 0.1) is 0 Å². The van der Waals surface area contributed by atoms with E-state index in [1.165, 1.54) is 0 Å². The van der Waals surface area contributed by atoms with Crippen LogP contribution in [-0.2, 0) is 36.5 Å². The zero-order valence-electron chi connectivity index (χ0n) is 10.7. The van der Waals surface area contributed by atoms with E-state index >= 15 is 0 Å². The van der Waals surface area contributed by atoms with Gasteiger partial charge >= 0.3 is 206 Å². The molecule has 0 aliphatic rings. The van der Waals surface area contributed by atoms with E-state index in [-0.39, 0.29) is 206 Å². The Bertz CT molecular complexity index is 301. The Kier molecular flexibility index (Phi) is 111. The van der Waals surface area contributed by atoms with Gasteiger partial charge in [-0.25, -0.2) is 0 Å². The van der Waals surface area contributed by atoms with Crippen molar-refractivity contribution in [3.05, 3.63) is 0 Å². The molecular formula is K4O12P4. The van der Waals surface area contributed by atoms with Crippen LogP contribution >= 0.6 is 31.6 Å². The van der Waals surface area contributed by atoms with Crippen LogP contribution in [0.4, 0.5) is 0 Å². The molecule has 20 heavy (non-hydrogen) atoms. The van der Waals surface area contributed by atoms with Crippen molar-refractivity contribution in [2.45, 2.75) is 0 Å². The van der Waals surface area contributed by atoms with Gasteiger partial charge in [-0.15, -0.1) is 0 Å². The third-order valence-corrected chi connectivity index (χ3v) is 0. The first-order valence-electron chi connectivity index (χ1n) is 2.19. The molecule has 0 aliphatic carbocycles. The smallest absolute Gasteiger partial charge is 0.744 e. The summed E-state index contributed by atoms with van der Waals surface area (Å²) in [5.41, 5.74) is 0. The molecule has 0 N–H and O–H groups in total. The predicted molar refractivity (Wildman–Crippen MR) is 33.2 cm³/mol.